The van der Waals surface area contributed by atoms with E-state index in [0.29, 0.717) is 11.7 Å². The van der Waals surface area contributed by atoms with Crippen LogP contribution >= 0.6 is 12.2 Å². The lowest BCUT2D eigenvalue weighted by Gasteiger charge is -2.21. The first kappa shape index (κ1) is 13.0. The molecule has 0 spiro atoms. The SMILES string of the molecule is CCc1cc(C)ccc1N1C(=O)CN(CC)C1=S. The van der Waals surface area contributed by atoms with Crippen LogP contribution in [0.2, 0.25) is 0 Å². The van der Waals surface area contributed by atoms with E-state index < -0.39 is 0 Å². The van der Waals surface area contributed by atoms with Gasteiger partial charge in [-0.25, -0.2) is 0 Å². The first-order chi connectivity index (χ1) is 8.58. The molecule has 0 N–H and O–H groups in total. The third-order valence-corrected chi connectivity index (χ3v) is 3.72. The van der Waals surface area contributed by atoms with Crippen molar-refractivity contribution < 1.29 is 4.79 Å². The molecule has 1 fully saturated rings. The van der Waals surface area contributed by atoms with Gasteiger partial charge in [0, 0.05) is 6.54 Å². The van der Waals surface area contributed by atoms with Crippen LogP contribution in [-0.2, 0) is 11.2 Å². The maximum Gasteiger partial charge on any atom is 0.252 e. The predicted octanol–water partition coefficient (Wildman–Crippen LogP) is 2.51. The second kappa shape index (κ2) is 5.06. The monoisotopic (exact) mass is 262 g/mol. The van der Waals surface area contributed by atoms with Gasteiger partial charge in [-0.05, 0) is 44.1 Å². The van der Waals surface area contributed by atoms with Crippen LogP contribution in [0.5, 0.6) is 0 Å². The Morgan fingerprint density at radius 3 is 2.61 bits per heavy atom. The number of hydrogen-bond donors (Lipinski definition) is 0. The van der Waals surface area contributed by atoms with Crippen molar-refractivity contribution in [2.45, 2.75) is 27.2 Å². The summed E-state index contributed by atoms with van der Waals surface area (Å²) in [5.41, 5.74) is 3.32. The summed E-state index contributed by atoms with van der Waals surface area (Å²) < 4.78 is 0. The van der Waals surface area contributed by atoms with Crippen molar-refractivity contribution in [3.05, 3.63) is 29.3 Å². The van der Waals surface area contributed by atoms with Gasteiger partial charge in [-0.2, -0.15) is 0 Å². The van der Waals surface area contributed by atoms with E-state index in [-0.39, 0.29) is 5.91 Å². The number of likely N-dealkylation sites (N-methyl/N-ethyl adjacent to an activating group) is 1. The number of amides is 1. The van der Waals surface area contributed by atoms with Gasteiger partial charge in [-0.15, -0.1) is 0 Å². The summed E-state index contributed by atoms with van der Waals surface area (Å²) in [7, 11) is 0. The van der Waals surface area contributed by atoms with Crippen LogP contribution in [0.1, 0.15) is 25.0 Å². The van der Waals surface area contributed by atoms with Gasteiger partial charge in [-0.1, -0.05) is 24.6 Å². The van der Waals surface area contributed by atoms with Crippen LogP contribution in [0.3, 0.4) is 0 Å². The third kappa shape index (κ3) is 2.12. The van der Waals surface area contributed by atoms with E-state index >= 15 is 0 Å². The van der Waals surface area contributed by atoms with E-state index in [2.05, 4.69) is 19.9 Å². The molecule has 0 aromatic heterocycles. The summed E-state index contributed by atoms with van der Waals surface area (Å²) in [6, 6.07) is 6.15. The Kier molecular flexibility index (Phi) is 3.66. The minimum Gasteiger partial charge on any atom is -0.339 e. The Bertz CT molecular complexity index is 499. The smallest absolute Gasteiger partial charge is 0.252 e. The molecule has 0 bridgehead atoms. The van der Waals surface area contributed by atoms with Crippen LogP contribution in [0.4, 0.5) is 5.69 Å². The number of nitrogens with zero attached hydrogens (tertiary/aromatic N) is 2. The molecule has 0 aliphatic carbocycles. The van der Waals surface area contributed by atoms with E-state index in [1.54, 1.807) is 4.90 Å². The van der Waals surface area contributed by atoms with E-state index in [0.717, 1.165) is 18.7 Å². The number of anilines is 1. The van der Waals surface area contributed by atoms with E-state index in [1.165, 1.54) is 11.1 Å². The van der Waals surface area contributed by atoms with E-state index in [4.69, 9.17) is 12.2 Å². The quantitative estimate of drug-likeness (QED) is 0.782. The molecule has 1 aliphatic rings. The van der Waals surface area contributed by atoms with Gasteiger partial charge in [-0.3, -0.25) is 9.69 Å². The minimum absolute atomic E-state index is 0.0698. The molecule has 1 amide bonds. The minimum atomic E-state index is 0.0698. The highest BCUT2D eigenvalue weighted by Gasteiger charge is 2.33. The van der Waals surface area contributed by atoms with Crippen molar-refractivity contribution in [3.8, 4) is 0 Å². The highest BCUT2D eigenvalue weighted by molar-refractivity contribution is 7.80. The van der Waals surface area contributed by atoms with Crippen LogP contribution in [0.25, 0.3) is 0 Å². The molecule has 3 nitrogen and oxygen atoms in total. The molecule has 0 saturated carbocycles. The highest BCUT2D eigenvalue weighted by Crippen LogP contribution is 2.27. The fourth-order valence-electron chi connectivity index (χ4n) is 2.25. The molecular formula is C14H18N2OS. The Labute approximate surface area is 113 Å². The molecule has 0 radical (unpaired) electrons. The Hall–Kier alpha value is -1.42. The van der Waals surface area contributed by atoms with E-state index in [9.17, 15) is 4.79 Å². The molecule has 0 unspecified atom stereocenters. The Balaban J connectivity index is 2.43. The molecule has 1 heterocycles. The molecule has 1 aromatic carbocycles. The van der Waals surface area contributed by atoms with Crippen LogP contribution in [0, 0.1) is 6.92 Å². The average Bonchev–Trinajstić information content (AvgIpc) is 2.64. The molecule has 1 aliphatic heterocycles. The maximum atomic E-state index is 12.1. The second-order valence-corrected chi connectivity index (χ2v) is 4.88. The predicted molar refractivity (Wildman–Crippen MR) is 77.9 cm³/mol. The summed E-state index contributed by atoms with van der Waals surface area (Å²) in [5, 5.41) is 0.626. The van der Waals surface area contributed by atoms with Crippen LogP contribution < -0.4 is 4.90 Å². The number of thiocarbonyl (C=S) groups is 1. The Morgan fingerprint density at radius 2 is 2.06 bits per heavy atom. The number of benzene rings is 1. The van der Waals surface area contributed by atoms with Gasteiger partial charge in [0.15, 0.2) is 5.11 Å². The van der Waals surface area contributed by atoms with Crippen molar-refractivity contribution >= 4 is 28.9 Å². The zero-order valence-electron chi connectivity index (χ0n) is 11.1. The lowest BCUT2D eigenvalue weighted by Crippen LogP contribution is -2.33. The molecule has 1 saturated heterocycles. The maximum absolute atomic E-state index is 12.1. The first-order valence-corrected chi connectivity index (χ1v) is 6.70. The number of rotatable bonds is 3. The van der Waals surface area contributed by atoms with Crippen molar-refractivity contribution in [2.75, 3.05) is 18.0 Å². The summed E-state index contributed by atoms with van der Waals surface area (Å²) in [4.78, 5) is 15.7. The normalized spacial score (nSPS) is 15.7. The number of aryl methyl sites for hydroxylation is 2. The van der Waals surface area contributed by atoms with Gasteiger partial charge in [0.2, 0.25) is 0 Å². The summed E-state index contributed by atoms with van der Waals surface area (Å²) in [6.07, 6.45) is 0.898. The van der Waals surface area contributed by atoms with Crippen molar-refractivity contribution in [2.24, 2.45) is 0 Å². The van der Waals surface area contributed by atoms with Crippen LogP contribution in [0.15, 0.2) is 18.2 Å². The summed E-state index contributed by atoms with van der Waals surface area (Å²) in [5.74, 6) is 0.0698. The molecular weight excluding hydrogens is 244 g/mol. The molecule has 1 aromatic rings. The number of carbonyl (C=O) groups is 1. The summed E-state index contributed by atoms with van der Waals surface area (Å²) in [6.45, 7) is 7.34. The molecule has 0 atom stereocenters. The average molecular weight is 262 g/mol. The zero-order valence-corrected chi connectivity index (χ0v) is 11.9. The largest absolute Gasteiger partial charge is 0.339 e. The molecule has 18 heavy (non-hydrogen) atoms. The zero-order chi connectivity index (χ0) is 13.3. The highest BCUT2D eigenvalue weighted by atomic mass is 32.1. The van der Waals surface area contributed by atoms with Gasteiger partial charge in [0.25, 0.3) is 5.91 Å². The van der Waals surface area contributed by atoms with Crippen molar-refractivity contribution in [1.82, 2.24) is 4.90 Å². The molecule has 2 rings (SSSR count). The number of carbonyl (C=O) groups excluding carboxylic acids is 1. The standard InChI is InChI=1S/C14H18N2OS/c1-4-11-8-10(3)6-7-12(11)16-13(17)9-15(5-2)14(16)18/h6-8H,4-5,9H2,1-3H3. The van der Waals surface area contributed by atoms with Crippen LogP contribution in [-0.4, -0.2) is 29.0 Å². The van der Waals surface area contributed by atoms with Gasteiger partial charge < -0.3 is 4.90 Å². The summed E-state index contributed by atoms with van der Waals surface area (Å²) >= 11 is 5.39. The van der Waals surface area contributed by atoms with Crippen molar-refractivity contribution in [1.29, 1.82) is 0 Å². The molecule has 4 heteroatoms. The fraction of sp³-hybridized carbons (Fsp3) is 0.429. The van der Waals surface area contributed by atoms with Crippen molar-refractivity contribution in [3.63, 3.8) is 0 Å². The molecule has 96 valence electrons. The lowest BCUT2D eigenvalue weighted by molar-refractivity contribution is -0.116. The van der Waals surface area contributed by atoms with Gasteiger partial charge >= 0.3 is 0 Å². The third-order valence-electron chi connectivity index (χ3n) is 3.28. The first-order valence-electron chi connectivity index (χ1n) is 6.29. The van der Waals surface area contributed by atoms with Gasteiger partial charge in [0.05, 0.1) is 12.2 Å². The van der Waals surface area contributed by atoms with E-state index in [1.807, 2.05) is 24.0 Å². The Morgan fingerprint density at radius 1 is 1.33 bits per heavy atom. The van der Waals surface area contributed by atoms with Gasteiger partial charge in [0.1, 0.15) is 0 Å². The topological polar surface area (TPSA) is 23.6 Å². The lowest BCUT2D eigenvalue weighted by atomic mass is 10.1. The number of hydrogen-bond acceptors (Lipinski definition) is 2. The fourth-order valence-corrected chi connectivity index (χ4v) is 2.64. The second-order valence-electron chi connectivity index (χ2n) is 4.51.